The summed E-state index contributed by atoms with van der Waals surface area (Å²) in [6.45, 7) is 0. The Kier molecular flexibility index (Phi) is 5.85. The van der Waals surface area contributed by atoms with E-state index in [0.717, 1.165) is 21.8 Å². The van der Waals surface area contributed by atoms with E-state index in [1.807, 2.05) is 36.4 Å². The number of hydrogen-bond donors (Lipinski definition) is 2. The van der Waals surface area contributed by atoms with Crippen LogP contribution in [-0.4, -0.2) is 30.1 Å². The Labute approximate surface area is 200 Å². The Balaban J connectivity index is 1.46. The van der Waals surface area contributed by atoms with Crippen LogP contribution in [0, 0.1) is 5.82 Å². The normalized spacial score (nSPS) is 10.8. The van der Waals surface area contributed by atoms with Crippen LogP contribution >= 0.6 is 0 Å². The summed E-state index contributed by atoms with van der Waals surface area (Å²) in [6.07, 6.45) is 1.48. The lowest BCUT2D eigenvalue weighted by atomic mass is 10.0. The first-order valence-electron chi connectivity index (χ1n) is 10.8. The molecule has 174 valence electrons. The van der Waals surface area contributed by atoms with Gasteiger partial charge in [0.15, 0.2) is 11.5 Å². The van der Waals surface area contributed by atoms with Crippen LogP contribution in [0.15, 0.2) is 79.1 Å². The monoisotopic (exact) mass is 468 g/mol. The molecule has 8 heteroatoms. The molecule has 0 aliphatic carbocycles. The second kappa shape index (κ2) is 9.26. The molecule has 2 N–H and O–H groups in total. The van der Waals surface area contributed by atoms with E-state index < -0.39 is 0 Å². The number of nitrogens with one attached hydrogen (secondary N) is 2. The highest BCUT2D eigenvalue weighted by Gasteiger charge is 2.13. The van der Waals surface area contributed by atoms with Crippen molar-refractivity contribution in [1.29, 1.82) is 0 Å². The first-order valence-corrected chi connectivity index (χ1v) is 10.8. The number of halogens is 1. The van der Waals surface area contributed by atoms with Gasteiger partial charge in [-0.05, 0) is 59.3 Å². The highest BCUT2D eigenvalue weighted by Crippen LogP contribution is 2.35. The number of fused-ring (bicyclic) bond motifs is 2. The standard InChI is InChI=1S/C27H21FN4O3/c1-34-24-13-22-23(14-25(24)35-2)29-15-30-26(22)31-19-10-11-20-16(12-19)4-3-5-21(20)27(33)32-18-8-6-17(28)7-9-18/h3-15H,1-2H3,(H,32,33)(H,29,30,31). The second-order valence-corrected chi connectivity index (χ2v) is 7.77. The molecule has 5 rings (SSSR count). The Morgan fingerprint density at radius 3 is 2.34 bits per heavy atom. The summed E-state index contributed by atoms with van der Waals surface area (Å²) >= 11 is 0. The fraction of sp³-hybridized carbons (Fsp3) is 0.0741. The van der Waals surface area contributed by atoms with E-state index in [4.69, 9.17) is 9.47 Å². The fourth-order valence-electron chi connectivity index (χ4n) is 3.91. The SMILES string of the molecule is COc1cc2ncnc(Nc3ccc4c(C(=O)Nc5ccc(F)cc5)cccc4c3)c2cc1OC. The second-order valence-electron chi connectivity index (χ2n) is 7.77. The number of aromatic nitrogens is 2. The number of carbonyl (C=O) groups excluding carboxylic acids is 1. The Bertz CT molecular complexity index is 1550. The number of amides is 1. The minimum Gasteiger partial charge on any atom is -0.493 e. The van der Waals surface area contributed by atoms with Gasteiger partial charge in [0.05, 0.1) is 19.7 Å². The molecule has 0 atom stereocenters. The van der Waals surface area contributed by atoms with Crippen LogP contribution in [0.4, 0.5) is 21.6 Å². The molecule has 1 aromatic heterocycles. The van der Waals surface area contributed by atoms with Crippen molar-refractivity contribution in [2.45, 2.75) is 0 Å². The van der Waals surface area contributed by atoms with Gasteiger partial charge in [-0.25, -0.2) is 14.4 Å². The van der Waals surface area contributed by atoms with Crippen molar-refractivity contribution in [3.63, 3.8) is 0 Å². The average Bonchev–Trinajstić information content (AvgIpc) is 2.88. The van der Waals surface area contributed by atoms with Crippen LogP contribution < -0.4 is 20.1 Å². The minimum atomic E-state index is -0.359. The Morgan fingerprint density at radius 1 is 0.829 bits per heavy atom. The number of benzene rings is 4. The summed E-state index contributed by atoms with van der Waals surface area (Å²) in [7, 11) is 3.15. The Morgan fingerprint density at radius 2 is 1.57 bits per heavy atom. The van der Waals surface area contributed by atoms with Crippen molar-refractivity contribution in [3.05, 3.63) is 90.5 Å². The van der Waals surface area contributed by atoms with Crippen molar-refractivity contribution >= 4 is 44.8 Å². The van der Waals surface area contributed by atoms with E-state index in [0.29, 0.717) is 34.1 Å². The van der Waals surface area contributed by atoms with Gasteiger partial charge in [0.25, 0.3) is 5.91 Å². The topological polar surface area (TPSA) is 85.4 Å². The number of carbonyl (C=O) groups is 1. The largest absolute Gasteiger partial charge is 0.493 e. The van der Waals surface area contributed by atoms with E-state index in [1.165, 1.54) is 30.6 Å². The van der Waals surface area contributed by atoms with Crippen LogP contribution in [0.1, 0.15) is 10.4 Å². The van der Waals surface area contributed by atoms with Crippen molar-refractivity contribution in [3.8, 4) is 11.5 Å². The van der Waals surface area contributed by atoms with Gasteiger partial charge in [-0.3, -0.25) is 4.79 Å². The summed E-state index contributed by atoms with van der Waals surface area (Å²) in [5, 5.41) is 8.59. The molecular formula is C27H21FN4O3. The van der Waals surface area contributed by atoms with Gasteiger partial charge in [-0.15, -0.1) is 0 Å². The van der Waals surface area contributed by atoms with Crippen molar-refractivity contribution in [2.24, 2.45) is 0 Å². The minimum absolute atomic E-state index is 0.272. The van der Waals surface area contributed by atoms with Crippen molar-refractivity contribution < 1.29 is 18.7 Å². The molecule has 0 bridgehead atoms. The molecule has 0 unspecified atom stereocenters. The van der Waals surface area contributed by atoms with Crippen LogP contribution in [0.25, 0.3) is 21.7 Å². The maximum absolute atomic E-state index is 13.2. The van der Waals surface area contributed by atoms with E-state index in [2.05, 4.69) is 20.6 Å². The van der Waals surface area contributed by atoms with E-state index in [-0.39, 0.29) is 11.7 Å². The van der Waals surface area contributed by atoms with E-state index >= 15 is 0 Å². The molecule has 0 spiro atoms. The number of ether oxygens (including phenoxy) is 2. The van der Waals surface area contributed by atoms with Gasteiger partial charge in [0, 0.05) is 28.4 Å². The number of anilines is 3. The lowest BCUT2D eigenvalue weighted by Gasteiger charge is -2.13. The molecule has 0 aliphatic rings. The number of hydrogen-bond acceptors (Lipinski definition) is 6. The van der Waals surface area contributed by atoms with Gasteiger partial charge in [-0.1, -0.05) is 18.2 Å². The zero-order valence-corrected chi connectivity index (χ0v) is 19.0. The van der Waals surface area contributed by atoms with Gasteiger partial charge in [0.2, 0.25) is 0 Å². The maximum Gasteiger partial charge on any atom is 0.256 e. The summed E-state index contributed by atoms with van der Waals surface area (Å²) < 4.78 is 24.0. The lowest BCUT2D eigenvalue weighted by Crippen LogP contribution is -2.12. The van der Waals surface area contributed by atoms with Crippen LogP contribution in [0.2, 0.25) is 0 Å². The summed E-state index contributed by atoms with van der Waals surface area (Å²) in [5.74, 6) is 1.14. The molecule has 5 aromatic rings. The predicted molar refractivity (Wildman–Crippen MR) is 134 cm³/mol. The third-order valence-electron chi connectivity index (χ3n) is 5.63. The molecular weight excluding hydrogens is 447 g/mol. The first kappa shape index (κ1) is 22.1. The molecule has 4 aromatic carbocycles. The lowest BCUT2D eigenvalue weighted by molar-refractivity contribution is 0.102. The third kappa shape index (κ3) is 4.41. The van der Waals surface area contributed by atoms with Crippen molar-refractivity contribution in [1.82, 2.24) is 9.97 Å². The van der Waals surface area contributed by atoms with Crippen LogP contribution in [-0.2, 0) is 0 Å². The molecule has 7 nitrogen and oxygen atoms in total. The van der Waals surface area contributed by atoms with Gasteiger partial charge >= 0.3 is 0 Å². The smallest absolute Gasteiger partial charge is 0.256 e. The number of nitrogens with zero attached hydrogens (tertiary/aromatic N) is 2. The Hall–Kier alpha value is -4.72. The highest BCUT2D eigenvalue weighted by molar-refractivity contribution is 6.13. The predicted octanol–water partition coefficient (Wildman–Crippen LogP) is 5.94. The zero-order valence-electron chi connectivity index (χ0n) is 19.0. The highest BCUT2D eigenvalue weighted by atomic mass is 19.1. The number of methoxy groups -OCH3 is 2. The quantitative estimate of drug-likeness (QED) is 0.321. The molecule has 0 aliphatic heterocycles. The molecule has 1 amide bonds. The summed E-state index contributed by atoms with van der Waals surface area (Å²) in [5.41, 5.74) is 2.54. The molecule has 35 heavy (non-hydrogen) atoms. The van der Waals surface area contributed by atoms with Gasteiger partial charge < -0.3 is 20.1 Å². The molecule has 1 heterocycles. The van der Waals surface area contributed by atoms with Crippen molar-refractivity contribution in [2.75, 3.05) is 24.9 Å². The maximum atomic E-state index is 13.2. The van der Waals surface area contributed by atoms with Crippen LogP contribution in [0.5, 0.6) is 11.5 Å². The first-order chi connectivity index (χ1) is 17.1. The summed E-state index contributed by atoms with van der Waals surface area (Å²) in [4.78, 5) is 21.6. The molecule has 0 saturated heterocycles. The van der Waals surface area contributed by atoms with E-state index in [9.17, 15) is 9.18 Å². The number of rotatable bonds is 6. The van der Waals surface area contributed by atoms with Gasteiger partial charge in [0.1, 0.15) is 18.0 Å². The molecule has 0 saturated carbocycles. The van der Waals surface area contributed by atoms with Crippen LogP contribution in [0.3, 0.4) is 0 Å². The summed E-state index contributed by atoms with van der Waals surface area (Å²) in [6, 6.07) is 20.5. The van der Waals surface area contributed by atoms with Gasteiger partial charge in [-0.2, -0.15) is 0 Å². The molecule has 0 radical (unpaired) electrons. The van der Waals surface area contributed by atoms with E-state index in [1.54, 1.807) is 26.4 Å². The fourth-order valence-corrected chi connectivity index (χ4v) is 3.91. The molecule has 0 fully saturated rings. The third-order valence-corrected chi connectivity index (χ3v) is 5.63. The average molecular weight is 468 g/mol. The zero-order chi connectivity index (χ0) is 24.4.